The second kappa shape index (κ2) is 8.64. The Kier molecular flexibility index (Phi) is 6.27. The van der Waals surface area contributed by atoms with Gasteiger partial charge in [0.25, 0.3) is 0 Å². The molecule has 0 aliphatic carbocycles. The van der Waals surface area contributed by atoms with Crippen molar-refractivity contribution in [3.63, 3.8) is 0 Å². The number of benzene rings is 1. The number of nitrogens with zero attached hydrogens (tertiary/aromatic N) is 4. The summed E-state index contributed by atoms with van der Waals surface area (Å²) in [7, 11) is 0. The quantitative estimate of drug-likeness (QED) is 0.771. The fourth-order valence-corrected chi connectivity index (χ4v) is 3.53. The van der Waals surface area contributed by atoms with Crippen LogP contribution in [0.1, 0.15) is 31.5 Å². The van der Waals surface area contributed by atoms with Crippen LogP contribution < -0.4 is 10.2 Å². The number of hydrogen-bond donors (Lipinski definition) is 1. The largest absolute Gasteiger partial charge is 0.354 e. The Morgan fingerprint density at radius 1 is 1.15 bits per heavy atom. The number of aromatic nitrogens is 2. The fourth-order valence-electron chi connectivity index (χ4n) is 3.53. The predicted molar refractivity (Wildman–Crippen MR) is 105 cm³/mol. The Labute approximate surface area is 155 Å². The Bertz CT molecular complexity index is 719. The number of hydrogen-bond acceptors (Lipinski definition) is 4. The molecule has 0 saturated carbocycles. The minimum atomic E-state index is -0.233. The molecular formula is C20H30FN5. The highest BCUT2D eigenvalue weighted by atomic mass is 19.1. The van der Waals surface area contributed by atoms with Gasteiger partial charge in [-0.15, -0.1) is 0 Å². The van der Waals surface area contributed by atoms with Gasteiger partial charge >= 0.3 is 0 Å². The molecule has 0 radical (unpaired) electrons. The summed E-state index contributed by atoms with van der Waals surface area (Å²) in [4.78, 5) is 4.86. The summed E-state index contributed by atoms with van der Waals surface area (Å²) in [6, 6.07) is 6.70. The fraction of sp³-hybridized carbons (Fsp3) is 0.550. The van der Waals surface area contributed by atoms with Crippen LogP contribution in [0, 0.1) is 12.7 Å². The molecule has 1 aromatic heterocycles. The van der Waals surface area contributed by atoms with E-state index < -0.39 is 0 Å². The number of rotatable bonds is 7. The minimum Gasteiger partial charge on any atom is -0.354 e. The van der Waals surface area contributed by atoms with Crippen LogP contribution in [-0.2, 0) is 6.54 Å². The first-order chi connectivity index (χ1) is 12.6. The van der Waals surface area contributed by atoms with Crippen molar-refractivity contribution in [1.82, 2.24) is 20.0 Å². The maximum absolute atomic E-state index is 13.8. The first-order valence-corrected chi connectivity index (χ1v) is 9.66. The summed E-state index contributed by atoms with van der Waals surface area (Å²) in [5.74, 6) is 0.871. The second-order valence-corrected chi connectivity index (χ2v) is 6.88. The van der Waals surface area contributed by atoms with Gasteiger partial charge < -0.3 is 15.1 Å². The lowest BCUT2D eigenvalue weighted by molar-refractivity contribution is 0.270. The van der Waals surface area contributed by atoms with E-state index in [1.54, 1.807) is 12.1 Å². The van der Waals surface area contributed by atoms with Crippen LogP contribution in [-0.4, -0.2) is 53.9 Å². The molecule has 1 aliphatic rings. The van der Waals surface area contributed by atoms with Crippen molar-refractivity contribution in [2.24, 2.45) is 0 Å². The lowest BCUT2D eigenvalue weighted by Gasteiger charge is -2.36. The molecule has 6 heteroatoms. The van der Waals surface area contributed by atoms with E-state index in [4.69, 9.17) is 5.10 Å². The van der Waals surface area contributed by atoms with Gasteiger partial charge in [-0.1, -0.05) is 19.9 Å². The van der Waals surface area contributed by atoms with Crippen molar-refractivity contribution >= 4 is 5.82 Å². The molecular weight excluding hydrogens is 329 g/mol. The summed E-state index contributed by atoms with van der Waals surface area (Å²) >= 11 is 0. The Balaban J connectivity index is 1.97. The normalized spacial score (nSPS) is 15.6. The molecule has 0 spiro atoms. The Hall–Kier alpha value is -1.92. The van der Waals surface area contributed by atoms with Crippen molar-refractivity contribution in [3.05, 3.63) is 41.3 Å². The molecule has 1 aliphatic heterocycles. The van der Waals surface area contributed by atoms with Crippen molar-refractivity contribution in [1.29, 1.82) is 0 Å². The molecule has 0 unspecified atom stereocenters. The van der Waals surface area contributed by atoms with Gasteiger partial charge in [0.2, 0.25) is 0 Å². The van der Waals surface area contributed by atoms with Gasteiger partial charge in [0.15, 0.2) is 0 Å². The molecule has 1 aromatic carbocycles. The van der Waals surface area contributed by atoms with Gasteiger partial charge in [0.1, 0.15) is 11.6 Å². The molecule has 1 saturated heterocycles. The topological polar surface area (TPSA) is 36.3 Å². The third-order valence-electron chi connectivity index (χ3n) is 5.06. The van der Waals surface area contributed by atoms with Crippen molar-refractivity contribution < 1.29 is 4.39 Å². The van der Waals surface area contributed by atoms with Gasteiger partial charge in [0.05, 0.1) is 11.4 Å². The van der Waals surface area contributed by atoms with Crippen LogP contribution in [0.3, 0.4) is 0 Å². The molecule has 3 rings (SSSR count). The zero-order valence-electron chi connectivity index (χ0n) is 16.1. The van der Waals surface area contributed by atoms with Gasteiger partial charge in [0, 0.05) is 38.3 Å². The molecule has 142 valence electrons. The molecule has 2 aromatic rings. The van der Waals surface area contributed by atoms with Crippen molar-refractivity contribution in [2.45, 2.75) is 33.7 Å². The zero-order valence-corrected chi connectivity index (χ0v) is 16.1. The number of aryl methyl sites for hydroxylation is 1. The SMILES string of the molecule is CCCNCc1c(C)nn(-c2cccc(F)c2)c1N1CCN(CC)CC1. The highest BCUT2D eigenvalue weighted by Crippen LogP contribution is 2.28. The van der Waals surface area contributed by atoms with Gasteiger partial charge in [-0.05, 0) is 44.6 Å². The Morgan fingerprint density at radius 3 is 2.58 bits per heavy atom. The van der Waals surface area contributed by atoms with Crippen LogP contribution in [0.15, 0.2) is 24.3 Å². The predicted octanol–water partition coefficient (Wildman–Crippen LogP) is 2.96. The van der Waals surface area contributed by atoms with E-state index in [1.807, 2.05) is 17.7 Å². The van der Waals surface area contributed by atoms with Crippen molar-refractivity contribution in [3.8, 4) is 5.69 Å². The van der Waals surface area contributed by atoms with E-state index in [1.165, 1.54) is 11.6 Å². The standard InChI is InChI=1S/C20H30FN5/c1-4-9-22-15-19-16(3)23-26(18-8-6-7-17(21)14-18)20(19)25-12-10-24(5-2)11-13-25/h6-8,14,22H,4-5,9-13,15H2,1-3H3. The zero-order chi connectivity index (χ0) is 18.5. The molecule has 0 amide bonds. The monoisotopic (exact) mass is 359 g/mol. The van der Waals surface area contributed by atoms with E-state index in [0.717, 1.165) is 69.4 Å². The molecule has 2 heterocycles. The number of halogens is 1. The summed E-state index contributed by atoms with van der Waals surface area (Å²) < 4.78 is 15.7. The maximum atomic E-state index is 13.8. The van der Waals surface area contributed by atoms with E-state index in [2.05, 4.69) is 29.0 Å². The lowest BCUT2D eigenvalue weighted by atomic mass is 10.2. The average molecular weight is 359 g/mol. The first-order valence-electron chi connectivity index (χ1n) is 9.66. The van der Waals surface area contributed by atoms with Crippen LogP contribution in [0.25, 0.3) is 5.69 Å². The number of likely N-dealkylation sites (N-methyl/N-ethyl adjacent to an activating group) is 1. The third kappa shape index (κ3) is 4.07. The number of piperazine rings is 1. The van der Waals surface area contributed by atoms with Crippen LogP contribution in [0.2, 0.25) is 0 Å². The molecule has 1 fully saturated rings. The molecule has 5 nitrogen and oxygen atoms in total. The molecule has 0 atom stereocenters. The minimum absolute atomic E-state index is 0.233. The van der Waals surface area contributed by atoms with E-state index in [9.17, 15) is 4.39 Å². The highest BCUT2D eigenvalue weighted by Gasteiger charge is 2.25. The highest BCUT2D eigenvalue weighted by molar-refractivity contribution is 5.55. The maximum Gasteiger partial charge on any atom is 0.137 e. The third-order valence-corrected chi connectivity index (χ3v) is 5.06. The van der Waals surface area contributed by atoms with Gasteiger partial charge in [-0.2, -0.15) is 5.10 Å². The average Bonchev–Trinajstić information content (AvgIpc) is 2.99. The van der Waals surface area contributed by atoms with Gasteiger partial charge in [-0.3, -0.25) is 0 Å². The summed E-state index contributed by atoms with van der Waals surface area (Å²) in [5, 5.41) is 8.27. The summed E-state index contributed by atoms with van der Waals surface area (Å²) in [6.45, 7) is 13.3. The van der Waals surface area contributed by atoms with Crippen LogP contribution >= 0.6 is 0 Å². The molecule has 26 heavy (non-hydrogen) atoms. The van der Waals surface area contributed by atoms with E-state index >= 15 is 0 Å². The van der Waals surface area contributed by atoms with E-state index in [-0.39, 0.29) is 5.82 Å². The smallest absolute Gasteiger partial charge is 0.137 e. The number of anilines is 1. The lowest BCUT2D eigenvalue weighted by Crippen LogP contribution is -2.47. The molecule has 0 bridgehead atoms. The second-order valence-electron chi connectivity index (χ2n) is 6.88. The van der Waals surface area contributed by atoms with Gasteiger partial charge in [-0.25, -0.2) is 9.07 Å². The number of nitrogens with one attached hydrogen (secondary N) is 1. The van der Waals surface area contributed by atoms with E-state index in [0.29, 0.717) is 0 Å². The van der Waals surface area contributed by atoms with Crippen LogP contribution in [0.4, 0.5) is 10.2 Å². The van der Waals surface area contributed by atoms with Crippen LogP contribution in [0.5, 0.6) is 0 Å². The summed E-state index contributed by atoms with van der Waals surface area (Å²) in [6.07, 6.45) is 1.10. The summed E-state index contributed by atoms with van der Waals surface area (Å²) in [5.41, 5.74) is 3.00. The van der Waals surface area contributed by atoms with Crippen molar-refractivity contribution in [2.75, 3.05) is 44.2 Å². The molecule has 1 N–H and O–H groups in total. The first kappa shape index (κ1) is 18.9. The Morgan fingerprint density at radius 2 is 1.92 bits per heavy atom.